The average molecular weight is 357 g/mol. The number of aryl methyl sites for hydroxylation is 1. The lowest BCUT2D eigenvalue weighted by Gasteiger charge is -2.32. The second kappa shape index (κ2) is 7.40. The fraction of sp³-hybridized carbons (Fsp3) is 0.350. The molecule has 5 heteroatoms. The Morgan fingerprint density at radius 2 is 1.60 bits per heavy atom. The number of rotatable bonds is 4. The van der Waals surface area contributed by atoms with Crippen molar-refractivity contribution in [3.63, 3.8) is 0 Å². The van der Waals surface area contributed by atoms with E-state index < -0.39 is 9.84 Å². The molecular formula is C20H23NO3S. The van der Waals surface area contributed by atoms with Crippen molar-refractivity contribution in [2.45, 2.75) is 24.7 Å². The number of likely N-dealkylation sites (tertiary alicyclic amines) is 1. The summed E-state index contributed by atoms with van der Waals surface area (Å²) in [5.41, 5.74) is 1.82. The molecule has 1 fully saturated rings. The molecule has 0 atom stereocenters. The normalized spacial score (nSPS) is 16.0. The minimum absolute atomic E-state index is 0.0318. The molecular weight excluding hydrogens is 334 g/mol. The van der Waals surface area contributed by atoms with E-state index in [1.54, 1.807) is 24.3 Å². The summed E-state index contributed by atoms with van der Waals surface area (Å²) in [4.78, 5) is 14.7. The van der Waals surface area contributed by atoms with E-state index in [0.717, 1.165) is 18.4 Å². The minimum Gasteiger partial charge on any atom is -0.339 e. The van der Waals surface area contributed by atoms with E-state index in [1.807, 2.05) is 42.2 Å². The molecule has 25 heavy (non-hydrogen) atoms. The third kappa shape index (κ3) is 4.28. The maximum atomic E-state index is 12.5. The number of benzene rings is 2. The molecule has 0 bridgehead atoms. The van der Waals surface area contributed by atoms with Crippen LogP contribution in [-0.4, -0.2) is 38.1 Å². The van der Waals surface area contributed by atoms with Gasteiger partial charge >= 0.3 is 0 Å². The smallest absolute Gasteiger partial charge is 0.253 e. The van der Waals surface area contributed by atoms with Gasteiger partial charge in [-0.2, -0.15) is 0 Å². The lowest BCUT2D eigenvalue weighted by atomic mass is 9.98. The Bertz CT molecular complexity index is 821. The lowest BCUT2D eigenvalue weighted by molar-refractivity contribution is 0.0698. The highest BCUT2D eigenvalue weighted by molar-refractivity contribution is 7.91. The summed E-state index contributed by atoms with van der Waals surface area (Å²) >= 11 is 0. The summed E-state index contributed by atoms with van der Waals surface area (Å²) in [5, 5.41) is 0. The van der Waals surface area contributed by atoms with Crippen molar-refractivity contribution in [2.24, 2.45) is 5.92 Å². The molecule has 0 radical (unpaired) electrons. The molecule has 1 amide bonds. The summed E-state index contributed by atoms with van der Waals surface area (Å²) in [6.07, 6.45) is 1.45. The van der Waals surface area contributed by atoms with Crippen molar-refractivity contribution in [2.75, 3.05) is 18.8 Å². The zero-order chi connectivity index (χ0) is 17.9. The van der Waals surface area contributed by atoms with Gasteiger partial charge in [-0.25, -0.2) is 8.42 Å². The zero-order valence-electron chi connectivity index (χ0n) is 14.4. The van der Waals surface area contributed by atoms with Crippen molar-refractivity contribution >= 4 is 15.7 Å². The molecule has 0 spiro atoms. The van der Waals surface area contributed by atoms with Gasteiger partial charge in [0.25, 0.3) is 5.91 Å². The Labute approximate surface area is 149 Å². The topological polar surface area (TPSA) is 54.5 Å². The highest BCUT2D eigenvalue weighted by atomic mass is 32.2. The predicted octanol–water partition coefficient (Wildman–Crippen LogP) is 3.32. The average Bonchev–Trinajstić information content (AvgIpc) is 2.63. The molecule has 1 aliphatic heterocycles. The van der Waals surface area contributed by atoms with Gasteiger partial charge in [-0.1, -0.05) is 35.9 Å². The molecule has 1 aliphatic rings. The number of nitrogens with zero attached hydrogens (tertiary/aromatic N) is 1. The lowest BCUT2D eigenvalue weighted by Crippen LogP contribution is -2.39. The first kappa shape index (κ1) is 17.7. The maximum absolute atomic E-state index is 12.5. The van der Waals surface area contributed by atoms with E-state index in [0.29, 0.717) is 23.5 Å². The van der Waals surface area contributed by atoms with E-state index in [-0.39, 0.29) is 17.6 Å². The fourth-order valence-electron chi connectivity index (χ4n) is 3.22. The fourth-order valence-corrected chi connectivity index (χ4v) is 4.93. The number of piperidine rings is 1. The Balaban J connectivity index is 1.58. The highest BCUT2D eigenvalue weighted by Crippen LogP contribution is 2.23. The standard InChI is InChI=1S/C20H23NO3S/c1-16-7-9-18(10-8-16)20(22)21-13-11-17(12-14-21)15-25(23,24)19-5-3-2-4-6-19/h2-10,17H,11-15H2,1H3. The van der Waals surface area contributed by atoms with Crippen molar-refractivity contribution in [1.82, 2.24) is 4.90 Å². The number of sulfone groups is 1. The second-order valence-electron chi connectivity index (χ2n) is 6.70. The van der Waals surface area contributed by atoms with Crippen LogP contribution in [0.3, 0.4) is 0 Å². The monoisotopic (exact) mass is 357 g/mol. The van der Waals surface area contributed by atoms with Gasteiger partial charge in [-0.3, -0.25) is 4.79 Å². The van der Waals surface area contributed by atoms with Crippen LogP contribution in [0.15, 0.2) is 59.5 Å². The molecule has 3 rings (SSSR count). The molecule has 1 heterocycles. The number of carbonyl (C=O) groups is 1. The first-order valence-corrected chi connectivity index (χ1v) is 10.2. The van der Waals surface area contributed by atoms with Crippen LogP contribution in [0.25, 0.3) is 0 Å². The van der Waals surface area contributed by atoms with Gasteiger partial charge in [0.2, 0.25) is 0 Å². The molecule has 0 N–H and O–H groups in total. The van der Waals surface area contributed by atoms with Crippen LogP contribution in [0.5, 0.6) is 0 Å². The maximum Gasteiger partial charge on any atom is 0.253 e. The molecule has 4 nitrogen and oxygen atoms in total. The summed E-state index contributed by atoms with van der Waals surface area (Å²) in [5.74, 6) is 0.292. The number of carbonyl (C=O) groups excluding carboxylic acids is 1. The van der Waals surface area contributed by atoms with Crippen LogP contribution in [-0.2, 0) is 9.84 Å². The predicted molar refractivity (Wildman–Crippen MR) is 98.3 cm³/mol. The highest BCUT2D eigenvalue weighted by Gasteiger charge is 2.27. The molecule has 2 aromatic carbocycles. The third-order valence-corrected chi connectivity index (χ3v) is 6.66. The van der Waals surface area contributed by atoms with E-state index in [1.165, 1.54) is 0 Å². The minimum atomic E-state index is -3.26. The number of amides is 1. The largest absolute Gasteiger partial charge is 0.339 e. The SMILES string of the molecule is Cc1ccc(C(=O)N2CCC(CS(=O)(=O)c3ccccc3)CC2)cc1. The van der Waals surface area contributed by atoms with Crippen molar-refractivity contribution in [3.05, 3.63) is 65.7 Å². The van der Waals surface area contributed by atoms with Crippen LogP contribution in [0.2, 0.25) is 0 Å². The molecule has 0 aliphatic carbocycles. The molecule has 0 saturated carbocycles. The Hall–Kier alpha value is -2.14. The second-order valence-corrected chi connectivity index (χ2v) is 8.73. The van der Waals surface area contributed by atoms with E-state index >= 15 is 0 Å². The van der Waals surface area contributed by atoms with Gasteiger partial charge in [0.05, 0.1) is 10.6 Å². The van der Waals surface area contributed by atoms with Gasteiger partial charge in [0.15, 0.2) is 9.84 Å². The Morgan fingerprint density at radius 1 is 1.00 bits per heavy atom. The molecule has 132 valence electrons. The summed E-state index contributed by atoms with van der Waals surface area (Å²) in [6, 6.07) is 16.2. The van der Waals surface area contributed by atoms with Crippen molar-refractivity contribution in [1.29, 1.82) is 0 Å². The van der Waals surface area contributed by atoms with E-state index in [9.17, 15) is 13.2 Å². The quantitative estimate of drug-likeness (QED) is 0.843. The van der Waals surface area contributed by atoms with Crippen LogP contribution >= 0.6 is 0 Å². The van der Waals surface area contributed by atoms with Crippen molar-refractivity contribution < 1.29 is 13.2 Å². The van der Waals surface area contributed by atoms with Gasteiger partial charge < -0.3 is 4.90 Å². The molecule has 1 saturated heterocycles. The third-order valence-electron chi connectivity index (χ3n) is 4.76. The van der Waals surface area contributed by atoms with E-state index in [4.69, 9.17) is 0 Å². The first-order valence-electron chi connectivity index (χ1n) is 8.59. The molecule has 0 unspecified atom stereocenters. The first-order chi connectivity index (χ1) is 12.0. The summed E-state index contributed by atoms with van der Waals surface area (Å²) in [7, 11) is -3.26. The van der Waals surface area contributed by atoms with Crippen LogP contribution < -0.4 is 0 Å². The van der Waals surface area contributed by atoms with Gasteiger partial charge in [-0.05, 0) is 49.9 Å². The Morgan fingerprint density at radius 3 is 2.20 bits per heavy atom. The van der Waals surface area contributed by atoms with Crippen LogP contribution in [0, 0.1) is 12.8 Å². The van der Waals surface area contributed by atoms with Gasteiger partial charge in [-0.15, -0.1) is 0 Å². The molecule has 0 aromatic heterocycles. The Kier molecular flexibility index (Phi) is 5.23. The summed E-state index contributed by atoms with van der Waals surface area (Å²) < 4.78 is 25.0. The van der Waals surface area contributed by atoms with Gasteiger partial charge in [0, 0.05) is 18.7 Å². The van der Waals surface area contributed by atoms with E-state index in [2.05, 4.69) is 0 Å². The van der Waals surface area contributed by atoms with Crippen LogP contribution in [0.4, 0.5) is 0 Å². The van der Waals surface area contributed by atoms with Gasteiger partial charge in [0.1, 0.15) is 0 Å². The zero-order valence-corrected chi connectivity index (χ0v) is 15.2. The number of hydrogen-bond acceptors (Lipinski definition) is 3. The van der Waals surface area contributed by atoms with Crippen molar-refractivity contribution in [3.8, 4) is 0 Å². The summed E-state index contributed by atoms with van der Waals surface area (Å²) in [6.45, 7) is 3.22. The number of hydrogen-bond donors (Lipinski definition) is 0. The van der Waals surface area contributed by atoms with Crippen LogP contribution in [0.1, 0.15) is 28.8 Å². The molecule has 2 aromatic rings.